The Hall–Kier alpha value is -2.08. The summed E-state index contributed by atoms with van der Waals surface area (Å²) in [6.45, 7) is 0.662. The van der Waals surface area contributed by atoms with E-state index < -0.39 is 0 Å². The number of hydrogen-bond donors (Lipinski definition) is 1. The van der Waals surface area contributed by atoms with E-state index in [1.54, 1.807) is 19.5 Å². The molecule has 0 saturated carbocycles. The Bertz CT molecular complexity index is 752. The Balaban J connectivity index is 2.00. The highest BCUT2D eigenvalue weighted by Gasteiger charge is 2.10. The third-order valence-electron chi connectivity index (χ3n) is 3.15. The van der Waals surface area contributed by atoms with Gasteiger partial charge in [0.2, 0.25) is 0 Å². The van der Waals surface area contributed by atoms with Gasteiger partial charge in [-0.2, -0.15) is 5.10 Å². The van der Waals surface area contributed by atoms with Crippen molar-refractivity contribution in [1.29, 1.82) is 0 Å². The van der Waals surface area contributed by atoms with Gasteiger partial charge in [0.05, 0.1) is 35.2 Å². The molecule has 0 fully saturated rings. The second-order valence-corrected chi connectivity index (χ2v) is 5.26. The molecule has 0 amide bonds. The lowest BCUT2D eigenvalue weighted by molar-refractivity contribution is 0.414. The van der Waals surface area contributed by atoms with Crippen LogP contribution in [0.1, 0.15) is 5.56 Å². The van der Waals surface area contributed by atoms with E-state index in [-0.39, 0.29) is 0 Å². The molecule has 2 aromatic heterocycles. The van der Waals surface area contributed by atoms with Crippen LogP contribution in [0.15, 0.2) is 41.1 Å². The number of anilines is 1. The van der Waals surface area contributed by atoms with Gasteiger partial charge in [-0.1, -0.05) is 12.1 Å². The normalized spacial score (nSPS) is 10.9. The third-order valence-corrected chi connectivity index (χ3v) is 3.73. The van der Waals surface area contributed by atoms with Gasteiger partial charge in [0.25, 0.3) is 0 Å². The number of ether oxygens (including phenoxy) is 1. The second kappa shape index (κ2) is 5.13. The molecule has 5 nitrogen and oxygen atoms in total. The van der Waals surface area contributed by atoms with E-state index in [1.807, 2.05) is 28.9 Å². The van der Waals surface area contributed by atoms with Crippen LogP contribution in [0.25, 0.3) is 10.9 Å². The molecular weight excluding hydrogens is 320 g/mol. The van der Waals surface area contributed by atoms with Gasteiger partial charge in [-0.25, -0.2) is 4.98 Å². The summed E-state index contributed by atoms with van der Waals surface area (Å²) in [5.41, 5.74) is 7.96. The zero-order chi connectivity index (χ0) is 14.1. The fraction of sp³-hybridized carbons (Fsp3) is 0.143. The van der Waals surface area contributed by atoms with Crippen molar-refractivity contribution in [1.82, 2.24) is 14.8 Å². The van der Waals surface area contributed by atoms with E-state index in [2.05, 4.69) is 26.0 Å². The molecule has 0 bridgehead atoms. The van der Waals surface area contributed by atoms with Gasteiger partial charge in [-0.05, 0) is 33.6 Å². The molecule has 3 aromatic rings. The summed E-state index contributed by atoms with van der Waals surface area (Å²) in [5.74, 6) is 1.33. The van der Waals surface area contributed by atoms with E-state index >= 15 is 0 Å². The molecule has 2 N–H and O–H groups in total. The van der Waals surface area contributed by atoms with Gasteiger partial charge in [0.1, 0.15) is 11.6 Å². The maximum atomic E-state index is 5.87. The predicted octanol–water partition coefficient (Wildman–Crippen LogP) is 2.83. The Morgan fingerprint density at radius 1 is 1.25 bits per heavy atom. The molecule has 0 aliphatic heterocycles. The number of benzene rings is 1. The summed E-state index contributed by atoms with van der Waals surface area (Å²) in [6, 6.07) is 7.91. The summed E-state index contributed by atoms with van der Waals surface area (Å²) in [4.78, 5) is 4.11. The lowest BCUT2D eigenvalue weighted by Gasteiger charge is -2.07. The molecule has 0 atom stereocenters. The standard InChI is InChI=1S/C14H13BrN4O/c1-20-10-4-2-9(3-5-10)8-19-13-11(6-18-19)14(16)17-7-12(13)15/h2-7H,8H2,1H3,(H2,16,17). The molecule has 1 aromatic carbocycles. The van der Waals surface area contributed by atoms with E-state index in [0.29, 0.717) is 12.4 Å². The van der Waals surface area contributed by atoms with Crippen LogP contribution < -0.4 is 10.5 Å². The Morgan fingerprint density at radius 3 is 2.70 bits per heavy atom. The number of hydrogen-bond acceptors (Lipinski definition) is 4. The number of nitrogens with zero attached hydrogens (tertiary/aromatic N) is 3. The fourth-order valence-electron chi connectivity index (χ4n) is 2.11. The largest absolute Gasteiger partial charge is 0.497 e. The molecule has 0 aliphatic rings. The third kappa shape index (κ3) is 2.22. The summed E-state index contributed by atoms with van der Waals surface area (Å²) in [7, 11) is 1.66. The van der Waals surface area contributed by atoms with Crippen molar-refractivity contribution >= 4 is 32.7 Å². The molecule has 102 valence electrons. The van der Waals surface area contributed by atoms with Gasteiger partial charge >= 0.3 is 0 Å². The van der Waals surface area contributed by atoms with Crippen LogP contribution in [0.5, 0.6) is 5.75 Å². The smallest absolute Gasteiger partial charge is 0.134 e. The topological polar surface area (TPSA) is 66.0 Å². The van der Waals surface area contributed by atoms with Crippen LogP contribution in [0.3, 0.4) is 0 Å². The van der Waals surface area contributed by atoms with Gasteiger partial charge in [0.15, 0.2) is 0 Å². The van der Waals surface area contributed by atoms with E-state index in [0.717, 1.165) is 26.7 Å². The van der Waals surface area contributed by atoms with Crippen molar-refractivity contribution in [3.63, 3.8) is 0 Å². The van der Waals surface area contributed by atoms with Gasteiger partial charge in [-0.3, -0.25) is 4.68 Å². The molecule has 0 unspecified atom stereocenters. The molecular formula is C14H13BrN4O. The number of pyridine rings is 1. The highest BCUT2D eigenvalue weighted by atomic mass is 79.9. The van der Waals surface area contributed by atoms with E-state index in [9.17, 15) is 0 Å². The zero-order valence-corrected chi connectivity index (χ0v) is 12.5. The van der Waals surface area contributed by atoms with Crippen LogP contribution in [-0.4, -0.2) is 21.9 Å². The number of aromatic nitrogens is 3. The number of methoxy groups -OCH3 is 1. The predicted molar refractivity (Wildman–Crippen MR) is 81.7 cm³/mol. The molecule has 0 radical (unpaired) electrons. The molecule has 6 heteroatoms. The summed E-state index contributed by atoms with van der Waals surface area (Å²) in [5, 5.41) is 5.24. The average molecular weight is 333 g/mol. The van der Waals surface area contributed by atoms with Crippen molar-refractivity contribution in [3.05, 3.63) is 46.7 Å². The maximum Gasteiger partial charge on any atom is 0.134 e. The Kier molecular flexibility index (Phi) is 3.31. The maximum absolute atomic E-state index is 5.87. The first-order valence-corrected chi connectivity index (χ1v) is 6.87. The average Bonchev–Trinajstić information content (AvgIpc) is 2.89. The highest BCUT2D eigenvalue weighted by molar-refractivity contribution is 9.10. The van der Waals surface area contributed by atoms with Crippen LogP contribution >= 0.6 is 15.9 Å². The van der Waals surface area contributed by atoms with Crippen molar-refractivity contribution < 1.29 is 4.74 Å². The number of halogens is 1. The van der Waals surface area contributed by atoms with Gasteiger partial charge < -0.3 is 10.5 Å². The lowest BCUT2D eigenvalue weighted by atomic mass is 10.2. The van der Waals surface area contributed by atoms with Crippen LogP contribution in [0.2, 0.25) is 0 Å². The van der Waals surface area contributed by atoms with Gasteiger partial charge in [0, 0.05) is 6.20 Å². The first-order chi connectivity index (χ1) is 9.69. The molecule has 0 aliphatic carbocycles. The molecule has 2 heterocycles. The number of rotatable bonds is 3. The van der Waals surface area contributed by atoms with Crippen molar-refractivity contribution in [2.75, 3.05) is 12.8 Å². The summed E-state index contributed by atoms with van der Waals surface area (Å²) in [6.07, 6.45) is 3.44. The first-order valence-electron chi connectivity index (χ1n) is 6.07. The van der Waals surface area contributed by atoms with Gasteiger partial charge in [-0.15, -0.1) is 0 Å². The Labute approximate surface area is 124 Å². The SMILES string of the molecule is COc1ccc(Cn2ncc3c(N)ncc(Br)c32)cc1. The second-order valence-electron chi connectivity index (χ2n) is 4.40. The lowest BCUT2D eigenvalue weighted by Crippen LogP contribution is -2.02. The first kappa shape index (κ1) is 12.9. The van der Waals surface area contributed by atoms with Crippen LogP contribution in [0.4, 0.5) is 5.82 Å². The minimum absolute atomic E-state index is 0.490. The quantitative estimate of drug-likeness (QED) is 0.800. The fourth-order valence-corrected chi connectivity index (χ4v) is 2.63. The number of nitrogens with two attached hydrogens (primary N) is 1. The van der Waals surface area contributed by atoms with Crippen molar-refractivity contribution in [2.45, 2.75) is 6.54 Å². The van der Waals surface area contributed by atoms with Crippen molar-refractivity contribution in [3.8, 4) is 5.75 Å². The molecule has 0 saturated heterocycles. The number of nitrogen functional groups attached to an aromatic ring is 1. The summed E-state index contributed by atoms with van der Waals surface area (Å²) < 4.78 is 7.94. The molecule has 20 heavy (non-hydrogen) atoms. The van der Waals surface area contributed by atoms with E-state index in [4.69, 9.17) is 10.5 Å². The highest BCUT2D eigenvalue weighted by Crippen LogP contribution is 2.27. The number of fused-ring (bicyclic) bond motifs is 1. The zero-order valence-electron chi connectivity index (χ0n) is 10.9. The van der Waals surface area contributed by atoms with E-state index in [1.165, 1.54) is 0 Å². The minimum Gasteiger partial charge on any atom is -0.497 e. The van der Waals surface area contributed by atoms with Crippen molar-refractivity contribution in [2.24, 2.45) is 0 Å². The molecule has 3 rings (SSSR count). The van der Waals surface area contributed by atoms with Crippen LogP contribution in [0, 0.1) is 0 Å². The summed E-state index contributed by atoms with van der Waals surface area (Å²) >= 11 is 3.50. The van der Waals surface area contributed by atoms with Crippen LogP contribution in [-0.2, 0) is 6.54 Å². The Morgan fingerprint density at radius 2 is 2.00 bits per heavy atom. The monoisotopic (exact) mass is 332 g/mol. The molecule has 0 spiro atoms. The minimum atomic E-state index is 0.490.